The summed E-state index contributed by atoms with van der Waals surface area (Å²) in [6.45, 7) is 13.5. The van der Waals surface area contributed by atoms with Gasteiger partial charge in [0.1, 0.15) is 6.73 Å². The molecule has 0 atom stereocenters. The third-order valence-electron chi connectivity index (χ3n) is 1.80. The summed E-state index contributed by atoms with van der Waals surface area (Å²) in [5.74, 6) is -0.0411. The molecule has 0 aromatic rings. The first kappa shape index (κ1) is 13.2. The molecule has 0 saturated heterocycles. The van der Waals surface area contributed by atoms with E-state index in [9.17, 15) is 4.79 Å². The van der Waals surface area contributed by atoms with E-state index in [0.717, 1.165) is 0 Å². The zero-order chi connectivity index (χ0) is 11.3. The molecule has 0 aliphatic carbocycles. The number of nitrogens with zero attached hydrogens (tertiary/aromatic N) is 1. The van der Waals surface area contributed by atoms with Crippen molar-refractivity contribution >= 4 is 5.91 Å². The van der Waals surface area contributed by atoms with Gasteiger partial charge in [0.15, 0.2) is 0 Å². The topological polar surface area (TPSA) is 29.5 Å². The normalized spacial score (nSPS) is 10.8. The van der Waals surface area contributed by atoms with E-state index < -0.39 is 0 Å². The Kier molecular flexibility index (Phi) is 5.46. The number of hydrogen-bond acceptors (Lipinski definition) is 2. The monoisotopic (exact) mass is 199 g/mol. The van der Waals surface area contributed by atoms with Crippen LogP contribution < -0.4 is 0 Å². The van der Waals surface area contributed by atoms with E-state index in [2.05, 4.69) is 6.58 Å². The van der Waals surface area contributed by atoms with Gasteiger partial charge >= 0.3 is 0 Å². The molecule has 1 amide bonds. The highest BCUT2D eigenvalue weighted by molar-refractivity contribution is 5.92. The Balaban J connectivity index is 4.30. The Labute approximate surface area is 86.7 Å². The Morgan fingerprint density at radius 2 is 1.86 bits per heavy atom. The quantitative estimate of drug-likeness (QED) is 0.501. The molecule has 0 rings (SSSR count). The fourth-order valence-electron chi connectivity index (χ4n) is 0.917. The third-order valence-corrected chi connectivity index (χ3v) is 1.80. The first-order valence-electron chi connectivity index (χ1n) is 4.94. The molecule has 0 spiro atoms. The van der Waals surface area contributed by atoms with Crippen LogP contribution in [0.5, 0.6) is 0 Å². The molecular formula is C11H21NO2. The minimum absolute atomic E-state index is 0.0411. The van der Waals surface area contributed by atoms with Crippen LogP contribution >= 0.6 is 0 Å². The predicted molar refractivity (Wildman–Crippen MR) is 57.9 cm³/mol. The molecule has 0 bridgehead atoms. The molecule has 0 aliphatic rings. The zero-order valence-electron chi connectivity index (χ0n) is 9.83. The molecule has 0 heterocycles. The number of rotatable bonds is 5. The van der Waals surface area contributed by atoms with Gasteiger partial charge in [-0.05, 0) is 34.6 Å². The van der Waals surface area contributed by atoms with Gasteiger partial charge in [0, 0.05) is 11.6 Å². The maximum atomic E-state index is 11.6. The van der Waals surface area contributed by atoms with Crippen molar-refractivity contribution in [1.29, 1.82) is 0 Å². The van der Waals surface area contributed by atoms with Crippen LogP contribution in [0.15, 0.2) is 12.2 Å². The SMILES string of the molecule is C=C(C)C(=O)N(COC(C)C)C(C)C. The predicted octanol–water partition coefficient (Wildman–Crippen LogP) is 2.18. The lowest BCUT2D eigenvalue weighted by Crippen LogP contribution is -2.39. The van der Waals surface area contributed by atoms with Gasteiger partial charge in [-0.25, -0.2) is 0 Å². The van der Waals surface area contributed by atoms with Crippen molar-refractivity contribution < 1.29 is 9.53 Å². The summed E-state index contributed by atoms with van der Waals surface area (Å²) in [5.41, 5.74) is 0.547. The summed E-state index contributed by atoms with van der Waals surface area (Å²) in [4.78, 5) is 13.3. The number of carbonyl (C=O) groups is 1. The molecule has 0 aromatic heterocycles. The standard InChI is InChI=1S/C11H21NO2/c1-8(2)11(13)12(9(3)4)7-14-10(5)6/h9-10H,1,7H2,2-6H3. The highest BCUT2D eigenvalue weighted by atomic mass is 16.5. The fourth-order valence-corrected chi connectivity index (χ4v) is 0.917. The average Bonchev–Trinajstić information content (AvgIpc) is 2.02. The molecule has 0 N–H and O–H groups in total. The third kappa shape index (κ3) is 4.42. The first-order valence-corrected chi connectivity index (χ1v) is 4.94. The van der Waals surface area contributed by atoms with E-state index in [4.69, 9.17) is 4.74 Å². The summed E-state index contributed by atoms with van der Waals surface area (Å²) >= 11 is 0. The number of carbonyl (C=O) groups excluding carboxylic acids is 1. The highest BCUT2D eigenvalue weighted by Gasteiger charge is 2.17. The molecule has 0 aliphatic heterocycles. The van der Waals surface area contributed by atoms with Gasteiger partial charge in [0.05, 0.1) is 6.10 Å². The van der Waals surface area contributed by atoms with Crippen LogP contribution in [0.25, 0.3) is 0 Å². The van der Waals surface area contributed by atoms with Crippen molar-refractivity contribution in [1.82, 2.24) is 4.90 Å². The summed E-state index contributed by atoms with van der Waals surface area (Å²) in [7, 11) is 0. The van der Waals surface area contributed by atoms with E-state index in [0.29, 0.717) is 12.3 Å². The first-order chi connectivity index (χ1) is 6.36. The Morgan fingerprint density at radius 1 is 1.36 bits per heavy atom. The molecular weight excluding hydrogens is 178 g/mol. The smallest absolute Gasteiger partial charge is 0.250 e. The summed E-state index contributed by atoms with van der Waals surface area (Å²) in [6, 6.07) is 0.137. The Bertz CT molecular complexity index is 209. The number of amides is 1. The van der Waals surface area contributed by atoms with Crippen molar-refractivity contribution in [2.24, 2.45) is 0 Å². The van der Waals surface area contributed by atoms with Crippen LogP contribution in [0.2, 0.25) is 0 Å². The van der Waals surface area contributed by atoms with Crippen molar-refractivity contribution in [2.45, 2.75) is 46.8 Å². The minimum atomic E-state index is -0.0411. The molecule has 3 nitrogen and oxygen atoms in total. The Morgan fingerprint density at radius 3 is 2.14 bits per heavy atom. The van der Waals surface area contributed by atoms with E-state index >= 15 is 0 Å². The van der Waals surface area contributed by atoms with Gasteiger partial charge < -0.3 is 9.64 Å². The number of ether oxygens (including phenoxy) is 1. The summed E-state index contributed by atoms with van der Waals surface area (Å²) < 4.78 is 5.40. The van der Waals surface area contributed by atoms with E-state index in [-0.39, 0.29) is 18.1 Å². The van der Waals surface area contributed by atoms with E-state index in [1.165, 1.54) is 0 Å². The molecule has 0 aromatic carbocycles. The second-order valence-electron chi connectivity index (χ2n) is 3.99. The molecule has 14 heavy (non-hydrogen) atoms. The minimum Gasteiger partial charge on any atom is -0.358 e. The summed E-state index contributed by atoms with van der Waals surface area (Å²) in [5, 5.41) is 0. The van der Waals surface area contributed by atoms with Crippen LogP contribution in [0, 0.1) is 0 Å². The lowest BCUT2D eigenvalue weighted by Gasteiger charge is -2.27. The molecule has 0 radical (unpaired) electrons. The fraction of sp³-hybridized carbons (Fsp3) is 0.727. The van der Waals surface area contributed by atoms with Gasteiger partial charge in [-0.15, -0.1) is 0 Å². The lowest BCUT2D eigenvalue weighted by molar-refractivity contribution is -0.136. The summed E-state index contributed by atoms with van der Waals surface area (Å²) in [6.07, 6.45) is 0.133. The second kappa shape index (κ2) is 5.81. The van der Waals surface area contributed by atoms with Gasteiger partial charge in [-0.1, -0.05) is 6.58 Å². The van der Waals surface area contributed by atoms with Gasteiger partial charge in [0.2, 0.25) is 0 Å². The van der Waals surface area contributed by atoms with Crippen molar-refractivity contribution in [3.63, 3.8) is 0 Å². The largest absolute Gasteiger partial charge is 0.358 e. The van der Waals surface area contributed by atoms with E-state index in [1.54, 1.807) is 11.8 Å². The van der Waals surface area contributed by atoms with Crippen molar-refractivity contribution in [2.75, 3.05) is 6.73 Å². The lowest BCUT2D eigenvalue weighted by atomic mass is 10.2. The molecule has 0 saturated carbocycles. The second-order valence-corrected chi connectivity index (χ2v) is 3.99. The van der Waals surface area contributed by atoms with Crippen LogP contribution in [0.1, 0.15) is 34.6 Å². The Hall–Kier alpha value is -0.830. The number of hydrogen-bond donors (Lipinski definition) is 0. The van der Waals surface area contributed by atoms with E-state index in [1.807, 2.05) is 27.7 Å². The molecule has 82 valence electrons. The zero-order valence-corrected chi connectivity index (χ0v) is 9.83. The maximum Gasteiger partial charge on any atom is 0.250 e. The van der Waals surface area contributed by atoms with Crippen molar-refractivity contribution in [3.8, 4) is 0 Å². The van der Waals surface area contributed by atoms with Crippen molar-refractivity contribution in [3.05, 3.63) is 12.2 Å². The van der Waals surface area contributed by atoms with Gasteiger partial charge in [-0.3, -0.25) is 4.79 Å². The van der Waals surface area contributed by atoms with Crippen LogP contribution in [0.3, 0.4) is 0 Å². The van der Waals surface area contributed by atoms with Crippen LogP contribution in [-0.2, 0) is 9.53 Å². The van der Waals surface area contributed by atoms with Crippen LogP contribution in [-0.4, -0.2) is 29.7 Å². The molecule has 3 heteroatoms. The molecule has 0 fully saturated rings. The van der Waals surface area contributed by atoms with Crippen LogP contribution in [0.4, 0.5) is 0 Å². The maximum absolute atomic E-state index is 11.6. The highest BCUT2D eigenvalue weighted by Crippen LogP contribution is 2.05. The molecule has 0 unspecified atom stereocenters. The van der Waals surface area contributed by atoms with Gasteiger partial charge in [0.25, 0.3) is 5.91 Å². The van der Waals surface area contributed by atoms with Gasteiger partial charge in [-0.2, -0.15) is 0 Å². The average molecular weight is 199 g/mol.